The fourth-order valence-corrected chi connectivity index (χ4v) is 5.15. The molecule has 1 saturated heterocycles. The Hall–Kier alpha value is -3.31. The number of pyridine rings is 1. The minimum Gasteiger partial charge on any atom is -0.368 e. The van der Waals surface area contributed by atoms with E-state index in [-0.39, 0.29) is 11.9 Å². The first-order chi connectivity index (χ1) is 16.3. The summed E-state index contributed by atoms with van der Waals surface area (Å²) in [5.41, 5.74) is 2.22. The molecular formula is C23H29N9OS. The van der Waals surface area contributed by atoms with Crippen molar-refractivity contribution in [2.45, 2.75) is 26.8 Å². The van der Waals surface area contributed by atoms with Crippen molar-refractivity contribution in [2.75, 3.05) is 60.3 Å². The third kappa shape index (κ3) is 4.05. The van der Waals surface area contributed by atoms with E-state index in [1.807, 2.05) is 45.0 Å². The van der Waals surface area contributed by atoms with Crippen LogP contribution in [-0.4, -0.2) is 77.1 Å². The molecular weight excluding hydrogens is 450 g/mol. The van der Waals surface area contributed by atoms with Crippen molar-refractivity contribution >= 4 is 51.2 Å². The van der Waals surface area contributed by atoms with E-state index in [0.717, 1.165) is 41.9 Å². The topological polar surface area (TPSA) is 93.6 Å². The van der Waals surface area contributed by atoms with Crippen molar-refractivity contribution in [3.05, 3.63) is 35.2 Å². The third-order valence-electron chi connectivity index (χ3n) is 6.14. The molecule has 0 radical (unpaired) electrons. The lowest BCUT2D eigenvalue weighted by Crippen LogP contribution is -2.44. The molecule has 0 saturated carbocycles. The lowest BCUT2D eigenvalue weighted by atomic mass is 10.2. The maximum atomic E-state index is 13.3. The minimum atomic E-state index is -0.134. The number of rotatable bonds is 4. The number of hydrogen-bond donors (Lipinski definition) is 1. The number of piperazine rings is 1. The van der Waals surface area contributed by atoms with Crippen LogP contribution in [0.15, 0.2) is 24.5 Å². The van der Waals surface area contributed by atoms with Gasteiger partial charge < -0.3 is 20.0 Å². The first kappa shape index (κ1) is 22.5. The van der Waals surface area contributed by atoms with Crippen LogP contribution in [0.4, 0.5) is 34.0 Å². The van der Waals surface area contributed by atoms with Crippen LogP contribution < -0.4 is 20.0 Å². The average Bonchev–Trinajstić information content (AvgIpc) is 3.19. The van der Waals surface area contributed by atoms with E-state index in [0.29, 0.717) is 29.0 Å². The fourth-order valence-electron chi connectivity index (χ4n) is 4.29. The van der Waals surface area contributed by atoms with Gasteiger partial charge in [-0.25, -0.2) is 15.0 Å². The largest absolute Gasteiger partial charge is 0.368 e. The summed E-state index contributed by atoms with van der Waals surface area (Å²) >= 11 is 1.48. The molecule has 1 N–H and O–H groups in total. The van der Waals surface area contributed by atoms with Crippen LogP contribution >= 0.6 is 11.3 Å². The summed E-state index contributed by atoms with van der Waals surface area (Å²) in [5, 5.41) is 4.84. The van der Waals surface area contributed by atoms with Crippen molar-refractivity contribution in [1.82, 2.24) is 24.8 Å². The highest BCUT2D eigenvalue weighted by atomic mass is 32.1. The fraction of sp³-hybridized carbons (Fsp3) is 0.435. The SMILES string of the molecule is Cc1nc2c(s1)N(C)c1nc(Nc3ccc(N4CCN(C)CC4)cn3)ncc1N(C(C)C)C2=O. The lowest BCUT2D eigenvalue weighted by Gasteiger charge is -2.33. The molecule has 3 aromatic heterocycles. The van der Waals surface area contributed by atoms with Crippen LogP contribution in [0, 0.1) is 6.92 Å². The Labute approximate surface area is 203 Å². The molecule has 5 rings (SSSR count). The molecule has 0 unspecified atom stereocenters. The van der Waals surface area contributed by atoms with E-state index >= 15 is 0 Å². The van der Waals surface area contributed by atoms with Gasteiger partial charge in [-0.05, 0) is 40.0 Å². The maximum Gasteiger partial charge on any atom is 0.280 e. The van der Waals surface area contributed by atoms with Crippen molar-refractivity contribution in [2.24, 2.45) is 0 Å². The third-order valence-corrected chi connectivity index (χ3v) is 7.19. The van der Waals surface area contributed by atoms with Crippen LogP contribution in [0.25, 0.3) is 0 Å². The number of fused-ring (bicyclic) bond motifs is 2. The normalized spacial score (nSPS) is 16.5. The molecule has 34 heavy (non-hydrogen) atoms. The van der Waals surface area contributed by atoms with Gasteiger partial charge in [-0.2, -0.15) is 4.98 Å². The smallest absolute Gasteiger partial charge is 0.280 e. The zero-order valence-electron chi connectivity index (χ0n) is 20.1. The van der Waals surface area contributed by atoms with Crippen molar-refractivity contribution < 1.29 is 4.79 Å². The predicted octanol–water partition coefficient (Wildman–Crippen LogP) is 3.27. The highest BCUT2D eigenvalue weighted by Crippen LogP contribution is 2.42. The molecule has 0 aromatic carbocycles. The molecule has 2 aliphatic heterocycles. The van der Waals surface area contributed by atoms with E-state index in [1.165, 1.54) is 11.3 Å². The second kappa shape index (κ2) is 8.80. The van der Waals surface area contributed by atoms with Crippen LogP contribution in [-0.2, 0) is 0 Å². The number of carbonyl (C=O) groups is 1. The molecule has 0 aliphatic carbocycles. The molecule has 1 amide bonds. The highest BCUT2D eigenvalue weighted by molar-refractivity contribution is 7.16. The molecule has 2 aliphatic rings. The number of aromatic nitrogens is 4. The molecule has 3 aromatic rings. The second-order valence-corrected chi connectivity index (χ2v) is 10.1. The maximum absolute atomic E-state index is 13.3. The second-order valence-electron chi connectivity index (χ2n) is 8.93. The van der Waals surface area contributed by atoms with Gasteiger partial charge in [-0.1, -0.05) is 0 Å². The Morgan fingerprint density at radius 2 is 1.79 bits per heavy atom. The number of thiazole rings is 1. The summed E-state index contributed by atoms with van der Waals surface area (Å²) < 4.78 is 0. The molecule has 11 heteroatoms. The lowest BCUT2D eigenvalue weighted by molar-refractivity contribution is 0.0977. The van der Waals surface area contributed by atoms with Crippen LogP contribution in [0.2, 0.25) is 0 Å². The zero-order valence-corrected chi connectivity index (χ0v) is 20.9. The number of carbonyl (C=O) groups excluding carboxylic acids is 1. The molecule has 10 nitrogen and oxygen atoms in total. The number of nitrogens with zero attached hydrogens (tertiary/aromatic N) is 8. The highest BCUT2D eigenvalue weighted by Gasteiger charge is 2.35. The monoisotopic (exact) mass is 479 g/mol. The Balaban J connectivity index is 1.43. The number of amides is 1. The van der Waals surface area contributed by atoms with E-state index in [2.05, 4.69) is 43.2 Å². The standard InChI is InChI=1S/C23H29N9OS/c1-14(2)32-17-13-25-23(28-20(17)30(5)22-19(21(32)33)26-15(3)34-22)27-18-7-6-16(12-24-18)31-10-8-29(4)9-11-31/h6-7,12-14H,8-11H2,1-5H3,(H,24,25,27,28). The Kier molecular flexibility index (Phi) is 5.82. The van der Waals surface area contributed by atoms with Crippen molar-refractivity contribution in [3.8, 4) is 0 Å². The molecule has 5 heterocycles. The molecule has 0 spiro atoms. The number of hydrogen-bond acceptors (Lipinski definition) is 10. The van der Waals surface area contributed by atoms with E-state index in [4.69, 9.17) is 4.98 Å². The quantitative estimate of drug-likeness (QED) is 0.605. The van der Waals surface area contributed by atoms with Crippen LogP contribution in [0.3, 0.4) is 0 Å². The molecule has 0 bridgehead atoms. The van der Waals surface area contributed by atoms with Gasteiger partial charge in [-0.3, -0.25) is 9.69 Å². The number of anilines is 6. The van der Waals surface area contributed by atoms with Crippen molar-refractivity contribution in [3.63, 3.8) is 0 Å². The Morgan fingerprint density at radius 1 is 1.03 bits per heavy atom. The summed E-state index contributed by atoms with van der Waals surface area (Å²) in [5.74, 6) is 1.60. The van der Waals surface area contributed by atoms with Gasteiger partial charge in [0, 0.05) is 39.3 Å². The molecule has 178 valence electrons. The Bertz CT molecular complexity index is 1200. The number of nitrogens with one attached hydrogen (secondary N) is 1. The number of likely N-dealkylation sites (N-methyl/N-ethyl adjacent to an activating group) is 1. The van der Waals surface area contributed by atoms with Gasteiger partial charge in [-0.15, -0.1) is 11.3 Å². The zero-order chi connectivity index (χ0) is 24.0. The van der Waals surface area contributed by atoms with Crippen LogP contribution in [0.1, 0.15) is 29.3 Å². The molecule has 1 fully saturated rings. The van der Waals surface area contributed by atoms with Crippen LogP contribution in [0.5, 0.6) is 0 Å². The average molecular weight is 480 g/mol. The predicted molar refractivity (Wildman–Crippen MR) is 136 cm³/mol. The van der Waals surface area contributed by atoms with Crippen molar-refractivity contribution in [1.29, 1.82) is 0 Å². The van der Waals surface area contributed by atoms with Gasteiger partial charge >= 0.3 is 0 Å². The minimum absolute atomic E-state index is 0.0706. The summed E-state index contributed by atoms with van der Waals surface area (Å²) in [6.45, 7) is 9.95. The summed E-state index contributed by atoms with van der Waals surface area (Å²) in [6, 6.07) is 3.95. The summed E-state index contributed by atoms with van der Waals surface area (Å²) in [7, 11) is 4.06. The van der Waals surface area contributed by atoms with E-state index in [1.54, 1.807) is 11.1 Å². The first-order valence-electron chi connectivity index (χ1n) is 11.4. The first-order valence-corrected chi connectivity index (χ1v) is 12.2. The van der Waals surface area contributed by atoms with Gasteiger partial charge in [0.2, 0.25) is 5.95 Å². The van der Waals surface area contributed by atoms with E-state index in [9.17, 15) is 4.79 Å². The van der Waals surface area contributed by atoms with Gasteiger partial charge in [0.05, 0.1) is 23.1 Å². The summed E-state index contributed by atoms with van der Waals surface area (Å²) in [4.78, 5) is 40.0. The van der Waals surface area contributed by atoms with Gasteiger partial charge in [0.25, 0.3) is 5.91 Å². The summed E-state index contributed by atoms with van der Waals surface area (Å²) in [6.07, 6.45) is 3.58. The van der Waals surface area contributed by atoms with Gasteiger partial charge in [0.1, 0.15) is 16.5 Å². The Morgan fingerprint density at radius 3 is 2.47 bits per heavy atom. The number of aryl methyl sites for hydroxylation is 1. The molecule has 0 atom stereocenters. The van der Waals surface area contributed by atoms with Gasteiger partial charge in [0.15, 0.2) is 11.5 Å². The van der Waals surface area contributed by atoms with E-state index < -0.39 is 0 Å².